The summed E-state index contributed by atoms with van der Waals surface area (Å²) in [6, 6.07) is 11.8. The summed E-state index contributed by atoms with van der Waals surface area (Å²) < 4.78 is 21.7. The zero-order valence-corrected chi connectivity index (χ0v) is 28.7. The molecule has 260 valence electrons. The number of nitrogens with one attached hydrogen (secondary N) is 1. The topological polar surface area (TPSA) is 159 Å². The molecular formula is C36H35FN10O3S. The van der Waals surface area contributed by atoms with Gasteiger partial charge in [-0.15, -0.1) is 11.3 Å². The van der Waals surface area contributed by atoms with Crippen LogP contribution in [-0.4, -0.2) is 98.3 Å². The third kappa shape index (κ3) is 6.51. The van der Waals surface area contributed by atoms with Crippen molar-refractivity contribution >= 4 is 50.0 Å². The number of amides is 1. The number of aromatic amines is 1. The van der Waals surface area contributed by atoms with Gasteiger partial charge in [-0.3, -0.25) is 14.5 Å². The summed E-state index contributed by atoms with van der Waals surface area (Å²) in [5.41, 5.74) is 9.56. The molecule has 2 saturated heterocycles. The Bertz CT molecular complexity index is 2320. The zero-order chi connectivity index (χ0) is 35.1. The predicted molar refractivity (Wildman–Crippen MR) is 193 cm³/mol. The van der Waals surface area contributed by atoms with Crippen molar-refractivity contribution in [2.24, 2.45) is 0 Å². The predicted octanol–water partition coefficient (Wildman–Crippen LogP) is 3.80. The molecule has 8 rings (SSSR count). The molecule has 2 aliphatic heterocycles. The quantitative estimate of drug-likeness (QED) is 0.249. The van der Waals surface area contributed by atoms with E-state index in [-0.39, 0.29) is 23.0 Å². The Hall–Kier alpha value is -5.38. The summed E-state index contributed by atoms with van der Waals surface area (Å²) in [6.45, 7) is 7.74. The number of H-pyrrole nitrogens is 1. The van der Waals surface area contributed by atoms with Crippen molar-refractivity contribution in [2.45, 2.75) is 19.9 Å². The van der Waals surface area contributed by atoms with Crippen molar-refractivity contribution in [1.29, 1.82) is 0 Å². The maximum absolute atomic E-state index is 15.1. The molecule has 0 spiro atoms. The van der Waals surface area contributed by atoms with E-state index in [4.69, 9.17) is 20.4 Å². The van der Waals surface area contributed by atoms with Gasteiger partial charge >= 0.3 is 0 Å². The lowest BCUT2D eigenvalue weighted by molar-refractivity contribution is 0.0624. The molecule has 6 aromatic rings. The lowest BCUT2D eigenvalue weighted by atomic mass is 10.0. The summed E-state index contributed by atoms with van der Waals surface area (Å²) in [5.74, 6) is 0.711. The monoisotopic (exact) mass is 706 g/mol. The van der Waals surface area contributed by atoms with Crippen molar-refractivity contribution in [2.75, 3.05) is 63.1 Å². The molecular weight excluding hydrogens is 672 g/mol. The molecule has 15 heteroatoms. The Kier molecular flexibility index (Phi) is 8.83. The van der Waals surface area contributed by atoms with Gasteiger partial charge in [0.25, 0.3) is 11.5 Å². The highest BCUT2D eigenvalue weighted by molar-refractivity contribution is 7.19. The van der Waals surface area contributed by atoms with E-state index in [1.807, 2.05) is 12.1 Å². The minimum absolute atomic E-state index is 0.0338. The number of morpholine rings is 1. The van der Waals surface area contributed by atoms with Gasteiger partial charge in [0, 0.05) is 74.9 Å². The van der Waals surface area contributed by atoms with E-state index in [0.29, 0.717) is 74.8 Å². The van der Waals surface area contributed by atoms with Crippen molar-refractivity contribution in [1.82, 2.24) is 39.9 Å². The molecule has 3 N–H and O–H groups in total. The third-order valence-electron chi connectivity index (χ3n) is 9.52. The fourth-order valence-corrected chi connectivity index (χ4v) is 7.97. The van der Waals surface area contributed by atoms with Crippen LogP contribution >= 0.6 is 11.3 Å². The van der Waals surface area contributed by atoms with E-state index < -0.39 is 5.82 Å². The van der Waals surface area contributed by atoms with Gasteiger partial charge in [-0.25, -0.2) is 29.4 Å². The van der Waals surface area contributed by atoms with Crippen LogP contribution in [0, 0.1) is 12.7 Å². The highest BCUT2D eigenvalue weighted by Gasteiger charge is 2.27. The van der Waals surface area contributed by atoms with E-state index in [1.54, 1.807) is 52.9 Å². The molecule has 0 atom stereocenters. The van der Waals surface area contributed by atoms with Crippen LogP contribution in [0.15, 0.2) is 59.7 Å². The van der Waals surface area contributed by atoms with Gasteiger partial charge in [-0.05, 0) is 36.2 Å². The van der Waals surface area contributed by atoms with Gasteiger partial charge < -0.3 is 20.3 Å². The number of hydrogen-bond donors (Lipinski definition) is 2. The first-order valence-corrected chi connectivity index (χ1v) is 17.6. The third-order valence-corrected chi connectivity index (χ3v) is 10.8. The first-order valence-electron chi connectivity index (χ1n) is 16.8. The normalized spacial score (nSPS) is 15.6. The van der Waals surface area contributed by atoms with Crippen molar-refractivity contribution in [3.8, 4) is 11.4 Å². The maximum atomic E-state index is 15.1. The fourth-order valence-electron chi connectivity index (χ4n) is 6.67. The molecule has 2 aromatic carbocycles. The molecule has 0 aliphatic carbocycles. The van der Waals surface area contributed by atoms with Gasteiger partial charge in [0.15, 0.2) is 11.6 Å². The number of carbonyl (C=O) groups is 1. The van der Waals surface area contributed by atoms with E-state index in [9.17, 15) is 9.59 Å². The molecule has 1 amide bonds. The van der Waals surface area contributed by atoms with E-state index in [2.05, 4.69) is 36.9 Å². The summed E-state index contributed by atoms with van der Waals surface area (Å²) >= 11 is 1.70. The van der Waals surface area contributed by atoms with Gasteiger partial charge in [-0.1, -0.05) is 24.3 Å². The van der Waals surface area contributed by atoms with E-state index in [0.717, 1.165) is 45.6 Å². The molecule has 4 aromatic heterocycles. The lowest BCUT2D eigenvalue weighted by Gasteiger charge is -2.34. The van der Waals surface area contributed by atoms with Crippen LogP contribution in [0.4, 0.5) is 16.2 Å². The van der Waals surface area contributed by atoms with Crippen LogP contribution in [0.2, 0.25) is 0 Å². The van der Waals surface area contributed by atoms with Gasteiger partial charge in [-0.2, -0.15) is 5.10 Å². The van der Waals surface area contributed by atoms with Crippen LogP contribution in [0.1, 0.15) is 32.1 Å². The summed E-state index contributed by atoms with van der Waals surface area (Å²) in [5, 5.41) is 8.05. The second-order valence-electron chi connectivity index (χ2n) is 12.7. The number of thiophene rings is 1. The minimum atomic E-state index is -0.562. The van der Waals surface area contributed by atoms with Crippen molar-refractivity contribution in [3.63, 3.8) is 0 Å². The summed E-state index contributed by atoms with van der Waals surface area (Å²) in [7, 11) is 0. The standard InChI is InChI=1S/C36H35FN10O3S/c1-21-29(51-31-30(21)41-32(23-18-39-36(38)40-19-23)42-33(31)46-12-14-50-15-13-46)20-45-8-10-47(11-9-45)35(49)26-16-22(6-7-27(26)37)17-28-24-4-2-3-5-25(24)34(48)44-43-28/h2-7,16,18-19H,8-15,17,20H2,1H3,(H,44,48)(H2,38,39,40). The number of nitrogens with two attached hydrogens (primary N) is 1. The van der Waals surface area contributed by atoms with Crippen molar-refractivity contribution in [3.05, 3.63) is 98.3 Å². The van der Waals surface area contributed by atoms with Gasteiger partial charge in [0.1, 0.15) is 5.82 Å². The number of halogens is 1. The average molecular weight is 707 g/mol. The molecule has 51 heavy (non-hydrogen) atoms. The number of fused-ring (bicyclic) bond motifs is 2. The molecule has 0 bridgehead atoms. The Balaban J connectivity index is 0.988. The van der Waals surface area contributed by atoms with E-state index in [1.165, 1.54) is 10.9 Å². The Labute approximate surface area is 295 Å². The molecule has 6 heterocycles. The lowest BCUT2D eigenvalue weighted by Crippen LogP contribution is -2.48. The van der Waals surface area contributed by atoms with Crippen LogP contribution in [0.25, 0.3) is 32.4 Å². The molecule has 13 nitrogen and oxygen atoms in total. The molecule has 2 aliphatic rings. The number of benzene rings is 2. The Morgan fingerprint density at radius 1 is 1.00 bits per heavy atom. The summed E-state index contributed by atoms with van der Waals surface area (Å²) in [6.07, 6.45) is 3.62. The Morgan fingerprint density at radius 3 is 2.51 bits per heavy atom. The number of ether oxygens (including phenoxy) is 1. The average Bonchev–Trinajstić information content (AvgIpc) is 3.48. The number of nitrogen functional groups attached to an aromatic ring is 1. The molecule has 0 saturated carbocycles. The number of aryl methyl sites for hydroxylation is 1. The summed E-state index contributed by atoms with van der Waals surface area (Å²) in [4.78, 5) is 51.6. The van der Waals surface area contributed by atoms with Crippen LogP contribution in [0.3, 0.4) is 0 Å². The SMILES string of the molecule is Cc1c(CN2CCN(C(=O)c3cc(Cc4n[nH]c(=O)c5ccccc45)ccc3F)CC2)sc2c(N3CCOCC3)nc(-c3cnc(N)nc3)nc12. The highest BCUT2D eigenvalue weighted by Crippen LogP contribution is 2.38. The van der Waals surface area contributed by atoms with Crippen LogP contribution in [0.5, 0.6) is 0 Å². The van der Waals surface area contributed by atoms with Gasteiger partial charge in [0.2, 0.25) is 5.95 Å². The fraction of sp³-hybridized carbons (Fsp3) is 0.306. The number of rotatable bonds is 7. The van der Waals surface area contributed by atoms with Crippen LogP contribution in [-0.2, 0) is 17.7 Å². The first kappa shape index (κ1) is 32.8. The zero-order valence-electron chi connectivity index (χ0n) is 27.9. The molecule has 0 unspecified atom stereocenters. The molecule has 2 fully saturated rings. The number of hydrogen-bond acceptors (Lipinski definition) is 12. The molecule has 0 radical (unpaired) electrons. The number of anilines is 2. The maximum Gasteiger partial charge on any atom is 0.272 e. The van der Waals surface area contributed by atoms with Crippen molar-refractivity contribution < 1.29 is 13.9 Å². The van der Waals surface area contributed by atoms with E-state index >= 15 is 4.39 Å². The smallest absolute Gasteiger partial charge is 0.272 e. The highest BCUT2D eigenvalue weighted by atomic mass is 32.1. The van der Waals surface area contributed by atoms with Crippen LogP contribution < -0.4 is 16.2 Å². The number of aromatic nitrogens is 6. The second-order valence-corrected chi connectivity index (χ2v) is 13.8. The largest absolute Gasteiger partial charge is 0.378 e. The minimum Gasteiger partial charge on any atom is -0.378 e. The second kappa shape index (κ2) is 13.7. The number of nitrogens with zero attached hydrogens (tertiary/aromatic N) is 8. The van der Waals surface area contributed by atoms with Gasteiger partial charge in [0.05, 0.1) is 45.6 Å². The Morgan fingerprint density at radius 2 is 1.75 bits per heavy atom. The number of piperazine rings is 1. The first-order chi connectivity index (χ1) is 24.8. The number of carbonyl (C=O) groups excluding carboxylic acids is 1.